The van der Waals surface area contributed by atoms with E-state index < -0.39 is 0 Å². The number of hydrogen-bond donors (Lipinski definition) is 1. The average molecular weight is 406 g/mol. The van der Waals surface area contributed by atoms with E-state index in [4.69, 9.17) is 0 Å². The van der Waals surface area contributed by atoms with Crippen molar-refractivity contribution in [2.75, 3.05) is 31.1 Å². The Morgan fingerprint density at radius 3 is 2.60 bits per heavy atom. The third kappa shape index (κ3) is 3.06. The summed E-state index contributed by atoms with van der Waals surface area (Å²) < 4.78 is 15.0. The second-order valence-corrected chi connectivity index (χ2v) is 7.15. The normalized spacial score (nSPS) is 14.5. The lowest BCUT2D eigenvalue weighted by molar-refractivity contribution is 0.0747. The van der Waals surface area contributed by atoms with E-state index in [1.54, 1.807) is 27.9 Å². The van der Waals surface area contributed by atoms with Crippen LogP contribution < -0.4 is 4.90 Å². The van der Waals surface area contributed by atoms with E-state index in [9.17, 15) is 9.18 Å². The molecule has 0 saturated carbocycles. The second kappa shape index (κ2) is 7.21. The molecule has 3 aromatic heterocycles. The fourth-order valence-corrected chi connectivity index (χ4v) is 3.78. The lowest BCUT2D eigenvalue weighted by Crippen LogP contribution is -2.49. The minimum absolute atomic E-state index is 0.100. The topological polar surface area (TPSA) is 95.8 Å². The Kier molecular flexibility index (Phi) is 4.38. The van der Waals surface area contributed by atoms with Gasteiger partial charge in [-0.2, -0.15) is 10.2 Å². The summed E-state index contributed by atoms with van der Waals surface area (Å²) in [4.78, 5) is 25.8. The summed E-state index contributed by atoms with van der Waals surface area (Å²) >= 11 is 0. The molecule has 1 aliphatic rings. The highest BCUT2D eigenvalue weighted by atomic mass is 19.1. The molecule has 4 aromatic rings. The Balaban J connectivity index is 1.33. The third-order valence-electron chi connectivity index (χ3n) is 5.38. The molecule has 1 aliphatic heterocycles. The van der Waals surface area contributed by atoms with Crippen molar-refractivity contribution in [1.29, 1.82) is 0 Å². The number of carbonyl (C=O) groups excluding carboxylic acids is 1. The fourth-order valence-electron chi connectivity index (χ4n) is 3.78. The van der Waals surface area contributed by atoms with Crippen molar-refractivity contribution in [1.82, 2.24) is 34.8 Å². The van der Waals surface area contributed by atoms with Crippen LogP contribution in [0.25, 0.3) is 22.3 Å². The smallest absolute Gasteiger partial charge is 0.257 e. The van der Waals surface area contributed by atoms with Crippen molar-refractivity contribution in [3.8, 4) is 11.3 Å². The number of aryl methyl sites for hydroxylation is 1. The van der Waals surface area contributed by atoms with Crippen molar-refractivity contribution >= 4 is 22.8 Å². The molecule has 0 bridgehead atoms. The molecule has 152 valence electrons. The molecular formula is C20H19FN8O. The largest absolute Gasteiger partial charge is 0.352 e. The standard InChI is InChI=1S/C20H19FN8O/c1-27-18-16(11-25-27)19(23-12-22-18)28-6-8-29(9-7-28)20(30)15-10-24-26-17(15)13-2-4-14(21)5-3-13/h2-5,10-12H,6-9H2,1H3,(H,24,26). The number of halogens is 1. The van der Waals surface area contributed by atoms with Crippen LogP contribution in [0.15, 0.2) is 43.0 Å². The van der Waals surface area contributed by atoms with Gasteiger partial charge in [0.05, 0.1) is 29.0 Å². The van der Waals surface area contributed by atoms with Gasteiger partial charge in [-0.25, -0.2) is 14.4 Å². The van der Waals surface area contributed by atoms with E-state index in [-0.39, 0.29) is 11.7 Å². The number of piperazine rings is 1. The number of anilines is 1. The first-order valence-corrected chi connectivity index (χ1v) is 9.58. The van der Waals surface area contributed by atoms with Gasteiger partial charge >= 0.3 is 0 Å². The van der Waals surface area contributed by atoms with Crippen molar-refractivity contribution in [2.24, 2.45) is 7.05 Å². The molecule has 0 spiro atoms. The average Bonchev–Trinajstić information content (AvgIpc) is 3.41. The first-order chi connectivity index (χ1) is 14.6. The Bertz CT molecular complexity index is 1210. The first-order valence-electron chi connectivity index (χ1n) is 9.58. The predicted octanol–water partition coefficient (Wildman–Crippen LogP) is 1.85. The number of benzene rings is 1. The molecule has 4 heterocycles. The molecule has 0 radical (unpaired) electrons. The number of aromatic amines is 1. The Morgan fingerprint density at radius 1 is 1.07 bits per heavy atom. The maximum Gasteiger partial charge on any atom is 0.257 e. The van der Waals surface area contributed by atoms with E-state index >= 15 is 0 Å². The number of hydrogen-bond acceptors (Lipinski definition) is 6. The summed E-state index contributed by atoms with van der Waals surface area (Å²) in [5, 5.41) is 12.1. The zero-order chi connectivity index (χ0) is 20.7. The van der Waals surface area contributed by atoms with Gasteiger partial charge in [0.1, 0.15) is 18.0 Å². The minimum Gasteiger partial charge on any atom is -0.352 e. The van der Waals surface area contributed by atoms with E-state index in [1.165, 1.54) is 24.7 Å². The lowest BCUT2D eigenvalue weighted by atomic mass is 10.1. The molecular weight excluding hydrogens is 387 g/mol. The van der Waals surface area contributed by atoms with Crippen molar-refractivity contribution < 1.29 is 9.18 Å². The van der Waals surface area contributed by atoms with Crippen molar-refractivity contribution in [3.05, 3.63) is 54.4 Å². The van der Waals surface area contributed by atoms with Crippen LogP contribution in [0.4, 0.5) is 10.2 Å². The number of rotatable bonds is 3. The highest BCUT2D eigenvalue weighted by Crippen LogP contribution is 2.25. The third-order valence-corrected chi connectivity index (χ3v) is 5.38. The monoisotopic (exact) mass is 406 g/mol. The molecule has 1 saturated heterocycles. The number of fused-ring (bicyclic) bond motifs is 1. The lowest BCUT2D eigenvalue weighted by Gasteiger charge is -2.35. The summed E-state index contributed by atoms with van der Waals surface area (Å²) in [7, 11) is 1.85. The van der Waals surface area contributed by atoms with E-state index in [2.05, 4.69) is 30.2 Å². The first kappa shape index (κ1) is 18.2. The quantitative estimate of drug-likeness (QED) is 0.558. The van der Waals surface area contributed by atoms with Crippen LogP contribution in [0.3, 0.4) is 0 Å². The SMILES string of the molecule is Cn1ncc2c(N3CCN(C(=O)c4cn[nH]c4-c4ccc(F)cc4)CC3)ncnc21. The van der Waals surface area contributed by atoms with Gasteiger partial charge < -0.3 is 9.80 Å². The molecule has 0 unspecified atom stereocenters. The van der Waals surface area contributed by atoms with Gasteiger partial charge in [-0.1, -0.05) is 0 Å². The summed E-state index contributed by atoms with van der Waals surface area (Å²) in [5.74, 6) is 0.405. The van der Waals surface area contributed by atoms with Crippen LogP contribution in [-0.4, -0.2) is 66.9 Å². The van der Waals surface area contributed by atoms with Crippen LogP contribution in [0.2, 0.25) is 0 Å². The van der Waals surface area contributed by atoms with Gasteiger partial charge in [0.25, 0.3) is 5.91 Å². The number of H-pyrrole nitrogens is 1. The number of carbonyl (C=O) groups is 1. The van der Waals surface area contributed by atoms with Crippen LogP contribution in [0, 0.1) is 5.82 Å². The van der Waals surface area contributed by atoms with Crippen LogP contribution in [0.1, 0.15) is 10.4 Å². The molecule has 5 rings (SSSR count). The van der Waals surface area contributed by atoms with Gasteiger partial charge in [0, 0.05) is 38.8 Å². The summed E-state index contributed by atoms with van der Waals surface area (Å²) in [6.07, 6.45) is 4.83. The van der Waals surface area contributed by atoms with E-state index in [1.807, 2.05) is 7.05 Å². The summed E-state index contributed by atoms with van der Waals surface area (Å²) in [5.41, 5.74) is 2.57. The molecule has 30 heavy (non-hydrogen) atoms. The predicted molar refractivity (Wildman–Crippen MR) is 108 cm³/mol. The van der Waals surface area contributed by atoms with Crippen LogP contribution >= 0.6 is 0 Å². The zero-order valence-corrected chi connectivity index (χ0v) is 16.3. The molecule has 9 nitrogen and oxygen atoms in total. The molecule has 0 aliphatic carbocycles. The van der Waals surface area contributed by atoms with Crippen molar-refractivity contribution in [2.45, 2.75) is 0 Å². The maximum atomic E-state index is 13.2. The van der Waals surface area contributed by atoms with E-state index in [0.29, 0.717) is 37.4 Å². The van der Waals surface area contributed by atoms with Gasteiger partial charge in [0.2, 0.25) is 0 Å². The number of nitrogens with one attached hydrogen (secondary N) is 1. The molecule has 1 fully saturated rings. The van der Waals surface area contributed by atoms with Crippen LogP contribution in [0.5, 0.6) is 0 Å². The number of amides is 1. The summed E-state index contributed by atoms with van der Waals surface area (Å²) in [6.45, 7) is 2.41. The molecule has 1 aromatic carbocycles. The number of aromatic nitrogens is 6. The van der Waals surface area contributed by atoms with Gasteiger partial charge in [0.15, 0.2) is 5.65 Å². The maximum absolute atomic E-state index is 13.2. The Morgan fingerprint density at radius 2 is 1.83 bits per heavy atom. The molecule has 1 amide bonds. The highest BCUT2D eigenvalue weighted by molar-refractivity contribution is 6.00. The molecule has 1 N–H and O–H groups in total. The van der Waals surface area contributed by atoms with Gasteiger partial charge in [-0.3, -0.25) is 14.6 Å². The number of nitrogens with zero attached hydrogens (tertiary/aromatic N) is 7. The highest BCUT2D eigenvalue weighted by Gasteiger charge is 2.27. The molecule has 10 heteroatoms. The minimum atomic E-state index is -0.324. The van der Waals surface area contributed by atoms with Crippen LogP contribution in [-0.2, 0) is 7.05 Å². The Labute approximate surface area is 171 Å². The Hall–Kier alpha value is -3.82. The van der Waals surface area contributed by atoms with Gasteiger partial charge in [-0.15, -0.1) is 0 Å². The van der Waals surface area contributed by atoms with Crippen molar-refractivity contribution in [3.63, 3.8) is 0 Å². The van der Waals surface area contributed by atoms with E-state index in [0.717, 1.165) is 22.4 Å². The zero-order valence-electron chi connectivity index (χ0n) is 16.3. The summed E-state index contributed by atoms with van der Waals surface area (Å²) in [6, 6.07) is 5.99. The fraction of sp³-hybridized carbons (Fsp3) is 0.250. The molecule has 0 atom stereocenters. The van der Waals surface area contributed by atoms with Gasteiger partial charge in [-0.05, 0) is 24.3 Å². The second-order valence-electron chi connectivity index (χ2n) is 7.15.